The quantitative estimate of drug-likeness (QED) is 0.255. The summed E-state index contributed by atoms with van der Waals surface area (Å²) in [4.78, 5) is 41.2. The second-order valence-electron chi connectivity index (χ2n) is 10.5. The number of benzene rings is 3. The third-order valence-electron chi connectivity index (χ3n) is 7.28. The van der Waals surface area contributed by atoms with Crippen molar-refractivity contribution in [1.29, 1.82) is 0 Å². The van der Waals surface area contributed by atoms with Gasteiger partial charge in [-0.15, -0.1) is 0 Å². The number of anilines is 3. The van der Waals surface area contributed by atoms with Crippen LogP contribution in [-0.2, 0) is 0 Å². The monoisotopic (exact) mass is 557 g/mol. The number of aromatic nitrogens is 3. The minimum Gasteiger partial charge on any atom is -0.338 e. The number of nitrogens with one attached hydrogen (secondary N) is 3. The molecule has 5 aromatic rings. The van der Waals surface area contributed by atoms with Crippen LogP contribution in [0.1, 0.15) is 33.2 Å². The molecule has 6 rings (SSSR count). The fourth-order valence-corrected chi connectivity index (χ4v) is 4.96. The lowest BCUT2D eigenvalue weighted by molar-refractivity contribution is 0.0709. The standard InChI is InChI=1S/C33H31N7O2/c1-21-3-11-27(12-4-21)38-32(41)24-9-13-26(14-10-24)37-31-30-29(35-20-36-31)16-15-28(39-30)23-5-7-25(8-6-23)33(42)40-18-17-34-22(2)19-40/h3-16,20,22,34H,17-19H2,1-2H3,(H,38,41)(H,35,36,37)/t22-/m0/s1. The van der Waals surface area contributed by atoms with Crippen LogP contribution in [0.15, 0.2) is 91.3 Å². The third-order valence-corrected chi connectivity index (χ3v) is 7.28. The van der Waals surface area contributed by atoms with Crippen LogP contribution in [0.3, 0.4) is 0 Å². The van der Waals surface area contributed by atoms with Crippen LogP contribution in [0.5, 0.6) is 0 Å². The smallest absolute Gasteiger partial charge is 0.255 e. The van der Waals surface area contributed by atoms with E-state index in [1.165, 1.54) is 6.33 Å². The van der Waals surface area contributed by atoms with Crippen LogP contribution in [0, 0.1) is 6.92 Å². The van der Waals surface area contributed by atoms with Gasteiger partial charge >= 0.3 is 0 Å². The largest absolute Gasteiger partial charge is 0.338 e. The van der Waals surface area contributed by atoms with E-state index in [1.54, 1.807) is 12.1 Å². The molecule has 0 radical (unpaired) electrons. The summed E-state index contributed by atoms with van der Waals surface area (Å²) in [5.74, 6) is 0.414. The lowest BCUT2D eigenvalue weighted by atomic mass is 10.1. The second kappa shape index (κ2) is 11.8. The van der Waals surface area contributed by atoms with Gasteiger partial charge in [-0.25, -0.2) is 15.0 Å². The first-order valence-electron chi connectivity index (χ1n) is 13.9. The summed E-state index contributed by atoms with van der Waals surface area (Å²) in [6, 6.07) is 26.5. The molecule has 0 aliphatic carbocycles. The highest BCUT2D eigenvalue weighted by atomic mass is 16.2. The molecule has 9 heteroatoms. The molecule has 3 aromatic carbocycles. The number of carbonyl (C=O) groups is 2. The normalized spacial score (nSPS) is 14.9. The summed E-state index contributed by atoms with van der Waals surface area (Å²) in [6.07, 6.45) is 1.49. The topological polar surface area (TPSA) is 112 Å². The van der Waals surface area contributed by atoms with Crippen molar-refractivity contribution < 1.29 is 9.59 Å². The van der Waals surface area contributed by atoms with Crippen molar-refractivity contribution in [3.8, 4) is 11.3 Å². The molecule has 2 amide bonds. The highest BCUT2D eigenvalue weighted by Crippen LogP contribution is 2.26. The number of aryl methyl sites for hydroxylation is 1. The zero-order valence-corrected chi connectivity index (χ0v) is 23.5. The van der Waals surface area contributed by atoms with Crippen LogP contribution >= 0.6 is 0 Å². The van der Waals surface area contributed by atoms with Gasteiger partial charge in [-0.2, -0.15) is 0 Å². The average molecular weight is 558 g/mol. The minimum absolute atomic E-state index is 0.0416. The summed E-state index contributed by atoms with van der Waals surface area (Å²) >= 11 is 0. The highest BCUT2D eigenvalue weighted by molar-refractivity contribution is 6.04. The first kappa shape index (κ1) is 27.0. The number of pyridine rings is 1. The number of carbonyl (C=O) groups excluding carboxylic acids is 2. The maximum absolute atomic E-state index is 13.0. The Morgan fingerprint density at radius 3 is 2.31 bits per heavy atom. The number of rotatable bonds is 6. The second-order valence-corrected chi connectivity index (χ2v) is 10.5. The Morgan fingerprint density at radius 1 is 0.857 bits per heavy atom. The lowest BCUT2D eigenvalue weighted by Crippen LogP contribution is -2.51. The summed E-state index contributed by atoms with van der Waals surface area (Å²) < 4.78 is 0. The van der Waals surface area contributed by atoms with E-state index in [-0.39, 0.29) is 17.9 Å². The Labute approximate surface area is 244 Å². The molecule has 2 aromatic heterocycles. The van der Waals surface area contributed by atoms with Crippen molar-refractivity contribution in [3.63, 3.8) is 0 Å². The minimum atomic E-state index is -0.181. The molecule has 1 fully saturated rings. The molecule has 1 atom stereocenters. The number of hydrogen-bond donors (Lipinski definition) is 3. The molecule has 9 nitrogen and oxygen atoms in total. The predicted octanol–water partition coefficient (Wildman–Crippen LogP) is 5.43. The van der Waals surface area contributed by atoms with E-state index in [0.717, 1.165) is 34.7 Å². The fraction of sp³-hybridized carbons (Fsp3) is 0.182. The Hall–Kier alpha value is -5.15. The number of nitrogens with zero attached hydrogens (tertiary/aromatic N) is 4. The maximum atomic E-state index is 13.0. The maximum Gasteiger partial charge on any atom is 0.255 e. The van der Waals surface area contributed by atoms with Crippen molar-refractivity contribution in [1.82, 2.24) is 25.2 Å². The molecular weight excluding hydrogens is 526 g/mol. The molecule has 3 N–H and O–H groups in total. The van der Waals surface area contributed by atoms with Crippen molar-refractivity contribution >= 4 is 40.0 Å². The SMILES string of the molecule is Cc1ccc(NC(=O)c2ccc(Nc3ncnc4ccc(-c5ccc(C(=O)N6CCN[C@@H](C)C6)cc5)nc34)cc2)cc1. The van der Waals surface area contributed by atoms with Gasteiger partial charge in [-0.3, -0.25) is 9.59 Å². The van der Waals surface area contributed by atoms with E-state index in [9.17, 15) is 9.59 Å². The van der Waals surface area contributed by atoms with E-state index < -0.39 is 0 Å². The van der Waals surface area contributed by atoms with Gasteiger partial charge in [0, 0.05) is 53.7 Å². The van der Waals surface area contributed by atoms with Crippen LogP contribution in [-0.4, -0.2) is 57.3 Å². The van der Waals surface area contributed by atoms with Gasteiger partial charge in [0.1, 0.15) is 11.8 Å². The number of amides is 2. The van der Waals surface area contributed by atoms with Crippen LogP contribution in [0.2, 0.25) is 0 Å². The molecule has 0 unspecified atom stereocenters. The van der Waals surface area contributed by atoms with Gasteiger partial charge < -0.3 is 20.9 Å². The zero-order valence-electron chi connectivity index (χ0n) is 23.5. The average Bonchev–Trinajstić information content (AvgIpc) is 3.02. The number of hydrogen-bond acceptors (Lipinski definition) is 7. The van der Waals surface area contributed by atoms with E-state index >= 15 is 0 Å². The van der Waals surface area contributed by atoms with Gasteiger partial charge in [0.25, 0.3) is 11.8 Å². The van der Waals surface area contributed by atoms with Crippen molar-refractivity contribution in [2.24, 2.45) is 0 Å². The summed E-state index contributed by atoms with van der Waals surface area (Å²) in [7, 11) is 0. The molecule has 1 saturated heterocycles. The first-order valence-corrected chi connectivity index (χ1v) is 13.9. The van der Waals surface area contributed by atoms with Crippen molar-refractivity contribution in [3.05, 3.63) is 108 Å². The third kappa shape index (κ3) is 5.96. The lowest BCUT2D eigenvalue weighted by Gasteiger charge is -2.32. The molecular formula is C33H31N7O2. The predicted molar refractivity (Wildman–Crippen MR) is 165 cm³/mol. The Kier molecular flexibility index (Phi) is 7.57. The first-order chi connectivity index (χ1) is 20.4. The molecule has 1 aliphatic heterocycles. The zero-order chi connectivity index (χ0) is 29.1. The highest BCUT2D eigenvalue weighted by Gasteiger charge is 2.21. The fourth-order valence-electron chi connectivity index (χ4n) is 4.96. The van der Waals surface area contributed by atoms with Crippen LogP contribution in [0.4, 0.5) is 17.2 Å². The molecule has 0 spiro atoms. The molecule has 1 aliphatic rings. The summed E-state index contributed by atoms with van der Waals surface area (Å²) in [5.41, 5.74) is 6.80. The van der Waals surface area contributed by atoms with Crippen molar-refractivity contribution in [2.75, 3.05) is 30.3 Å². The number of piperazine rings is 1. The van der Waals surface area contributed by atoms with Crippen LogP contribution < -0.4 is 16.0 Å². The van der Waals surface area contributed by atoms with E-state index in [2.05, 4.69) is 32.8 Å². The van der Waals surface area contributed by atoms with E-state index in [0.29, 0.717) is 41.1 Å². The van der Waals surface area contributed by atoms with Gasteiger partial charge in [-0.05, 0) is 74.5 Å². The van der Waals surface area contributed by atoms with Gasteiger partial charge in [-0.1, -0.05) is 29.8 Å². The van der Waals surface area contributed by atoms with E-state index in [1.807, 2.05) is 84.6 Å². The van der Waals surface area contributed by atoms with Gasteiger partial charge in [0.05, 0.1) is 11.2 Å². The molecule has 0 saturated carbocycles. The van der Waals surface area contributed by atoms with Crippen LogP contribution in [0.25, 0.3) is 22.3 Å². The van der Waals surface area contributed by atoms with E-state index in [4.69, 9.17) is 4.98 Å². The summed E-state index contributed by atoms with van der Waals surface area (Å²) in [6.45, 7) is 6.30. The summed E-state index contributed by atoms with van der Waals surface area (Å²) in [5, 5.41) is 9.59. The molecule has 0 bridgehead atoms. The molecule has 42 heavy (non-hydrogen) atoms. The Balaban J connectivity index is 1.18. The Morgan fingerprint density at radius 2 is 1.57 bits per heavy atom. The molecule has 210 valence electrons. The van der Waals surface area contributed by atoms with Gasteiger partial charge in [0.15, 0.2) is 5.82 Å². The van der Waals surface area contributed by atoms with Crippen molar-refractivity contribution in [2.45, 2.75) is 19.9 Å². The molecule has 3 heterocycles. The Bertz CT molecular complexity index is 1740. The number of fused-ring (bicyclic) bond motifs is 1. The van der Waals surface area contributed by atoms with Gasteiger partial charge in [0.2, 0.25) is 0 Å².